The van der Waals surface area contributed by atoms with E-state index in [4.69, 9.17) is 21.1 Å². The Morgan fingerprint density at radius 2 is 1.36 bits per heavy atom. The topological polar surface area (TPSA) is 130 Å². The van der Waals surface area contributed by atoms with Gasteiger partial charge in [-0.3, -0.25) is 5.41 Å². The lowest BCUT2D eigenvalue weighted by Crippen LogP contribution is -2.10. The second-order valence-electron chi connectivity index (χ2n) is 9.34. The molecule has 4 N–H and O–H groups in total. The number of anilines is 1. The van der Waals surface area contributed by atoms with Crippen molar-refractivity contribution in [1.82, 2.24) is 29.9 Å². The van der Waals surface area contributed by atoms with Crippen molar-refractivity contribution in [3.8, 4) is 0 Å². The number of nitrogens with two attached hydrogens (primary N) is 1. The molecule has 0 saturated carbocycles. The molecule has 42 heavy (non-hydrogen) atoms. The van der Waals surface area contributed by atoms with Crippen molar-refractivity contribution in [2.75, 3.05) is 5.73 Å². The molecule has 0 fully saturated rings. The molecule has 214 valence electrons. The lowest BCUT2D eigenvalue weighted by atomic mass is 10.1. The quantitative estimate of drug-likeness (QED) is 0.304. The van der Waals surface area contributed by atoms with Gasteiger partial charge in [0.1, 0.15) is 17.1 Å². The summed E-state index contributed by atoms with van der Waals surface area (Å²) in [4.78, 5) is 26.8. The zero-order valence-electron chi connectivity index (χ0n) is 25.0. The van der Waals surface area contributed by atoms with Crippen molar-refractivity contribution < 1.29 is 0 Å². The Hall–Kier alpha value is -5.24. The van der Waals surface area contributed by atoms with Crippen molar-refractivity contribution in [2.24, 2.45) is 0 Å². The van der Waals surface area contributed by atoms with Crippen LogP contribution in [0.25, 0.3) is 52.8 Å². The van der Waals surface area contributed by atoms with Gasteiger partial charge in [-0.05, 0) is 41.0 Å². The van der Waals surface area contributed by atoms with Gasteiger partial charge in [0.15, 0.2) is 17.1 Å². The van der Waals surface area contributed by atoms with Gasteiger partial charge in [0.05, 0.1) is 0 Å². The highest BCUT2D eigenvalue weighted by atomic mass is 15.0. The average molecular weight is 559 g/mol. The minimum Gasteiger partial charge on any atom is -0.383 e. The molecule has 0 aromatic carbocycles. The van der Waals surface area contributed by atoms with Gasteiger partial charge in [-0.25, -0.2) is 24.9 Å². The van der Waals surface area contributed by atoms with Crippen LogP contribution in [0.5, 0.6) is 0 Å². The molecule has 8 heteroatoms. The minimum atomic E-state index is 0.00992. The Labute approximate surface area is 247 Å². The molecule has 3 heterocycles. The Bertz CT molecular complexity index is 1780. The summed E-state index contributed by atoms with van der Waals surface area (Å²) >= 11 is 0. The monoisotopic (exact) mass is 558 g/mol. The van der Waals surface area contributed by atoms with Crippen molar-refractivity contribution in [2.45, 2.75) is 41.0 Å². The summed E-state index contributed by atoms with van der Waals surface area (Å²) in [6.07, 6.45) is 20.4. The average Bonchev–Trinajstić information content (AvgIpc) is 3.41. The molecule has 0 aliphatic carbocycles. The third kappa shape index (κ3) is 6.72. The second kappa shape index (κ2) is 14.4. The van der Waals surface area contributed by atoms with E-state index in [1.165, 1.54) is 0 Å². The number of nitrogen functional groups attached to an aromatic ring is 1. The summed E-state index contributed by atoms with van der Waals surface area (Å²) in [6.45, 7) is 21.5. The summed E-state index contributed by atoms with van der Waals surface area (Å²) in [6, 6.07) is 0. The Morgan fingerprint density at radius 1 is 0.762 bits per heavy atom. The molecule has 8 nitrogen and oxygen atoms in total. The third-order valence-electron chi connectivity index (χ3n) is 6.59. The van der Waals surface area contributed by atoms with E-state index in [2.05, 4.69) is 39.7 Å². The molecule has 0 amide bonds. The van der Waals surface area contributed by atoms with Crippen LogP contribution in [-0.2, 0) is 6.42 Å². The van der Waals surface area contributed by atoms with Crippen LogP contribution in [0.15, 0.2) is 56.4 Å². The molecule has 2 aromatic rings. The number of H-pyrrole nitrogens is 1. The summed E-state index contributed by atoms with van der Waals surface area (Å²) in [5, 5.41) is 8.83. The zero-order chi connectivity index (χ0) is 30.8. The maximum Gasteiger partial charge on any atom is 0.160 e. The standard InChI is InChI=1S/C34H38N8/c1-9-15-23-19-37-31-21(7)22(8)32(41-31)39-29(35)25(13-5)24(16-10-2)20-38-33-27(17-11-3)28(18-12-4)34(42-33)40-30(36)26(23)14-6/h9-16,18-20,35,42H,3,5-6,17H2,1-2,4,7-8H3,(H2,36,40)/b15-9-,16-10-,18-12-,25-24?,26-23?,35-29?,37-19?,38-20?,39-32?. The molecule has 2 aromatic heterocycles. The molecule has 0 radical (unpaired) electrons. The van der Waals surface area contributed by atoms with E-state index >= 15 is 0 Å². The minimum absolute atomic E-state index is 0.00992. The van der Waals surface area contributed by atoms with Crippen LogP contribution >= 0.6 is 0 Å². The Morgan fingerprint density at radius 3 is 1.95 bits per heavy atom. The van der Waals surface area contributed by atoms with Crippen molar-refractivity contribution in [3.05, 3.63) is 107 Å². The molecule has 1 aliphatic heterocycles. The van der Waals surface area contributed by atoms with Crippen molar-refractivity contribution in [3.63, 3.8) is 0 Å². The van der Waals surface area contributed by atoms with Crippen molar-refractivity contribution in [1.29, 1.82) is 5.41 Å². The van der Waals surface area contributed by atoms with Gasteiger partial charge in [-0.15, -0.1) is 6.58 Å². The number of hydrogen-bond donors (Lipinski definition) is 3. The van der Waals surface area contributed by atoms with Gasteiger partial charge < -0.3 is 10.7 Å². The van der Waals surface area contributed by atoms with Gasteiger partial charge in [0.2, 0.25) is 0 Å². The van der Waals surface area contributed by atoms with Crippen LogP contribution in [0.2, 0.25) is 0 Å². The van der Waals surface area contributed by atoms with E-state index in [9.17, 15) is 0 Å². The molecule has 0 spiro atoms. The maximum atomic E-state index is 8.83. The molecule has 3 rings (SSSR count). The van der Waals surface area contributed by atoms with Crippen LogP contribution in [0, 0.1) is 5.41 Å². The van der Waals surface area contributed by atoms with Gasteiger partial charge in [0.25, 0.3) is 0 Å². The van der Waals surface area contributed by atoms with E-state index < -0.39 is 0 Å². The lowest BCUT2D eigenvalue weighted by Gasteiger charge is -2.01. The van der Waals surface area contributed by atoms with Crippen LogP contribution in [0.4, 0.5) is 5.82 Å². The summed E-state index contributed by atoms with van der Waals surface area (Å²) in [5.41, 5.74) is 13.7. The predicted octanol–water partition coefficient (Wildman–Crippen LogP) is 7.39. The molecule has 0 atom stereocenters. The lowest BCUT2D eigenvalue weighted by molar-refractivity contribution is 1.02. The van der Waals surface area contributed by atoms with E-state index in [0.717, 1.165) is 22.3 Å². The number of hydrogen-bond acceptors (Lipinski definition) is 7. The SMILES string of the molecule is C=CCc1c(/C=C\C)c2nc(N)c(C=C)c(/C=C\C)cnc3nc(nc(=N)c(C=C)c(/C=C\C)cnc1[nH]2)C(C)=C3C. The fraction of sp³-hybridized carbons (Fsp3) is 0.176. The number of nitrogens with one attached hydrogen (secondary N) is 2. The van der Waals surface area contributed by atoms with Gasteiger partial charge in [0, 0.05) is 56.9 Å². The van der Waals surface area contributed by atoms with Gasteiger partial charge in [-0.2, -0.15) is 0 Å². The van der Waals surface area contributed by atoms with Crippen LogP contribution in [0.1, 0.15) is 79.6 Å². The molecular formula is C34H38N8. The van der Waals surface area contributed by atoms with Crippen LogP contribution in [0.3, 0.4) is 0 Å². The number of allylic oxidation sites excluding steroid dienone is 6. The molecule has 0 unspecified atom stereocenters. The normalized spacial score (nSPS) is 12.1. The van der Waals surface area contributed by atoms with Crippen molar-refractivity contribution >= 4 is 58.6 Å². The Kier molecular flexibility index (Phi) is 10.7. The fourth-order valence-electron chi connectivity index (χ4n) is 4.36. The highest BCUT2D eigenvalue weighted by molar-refractivity contribution is 5.87. The first-order valence-corrected chi connectivity index (χ1v) is 13.6. The second-order valence-corrected chi connectivity index (χ2v) is 9.34. The summed E-state index contributed by atoms with van der Waals surface area (Å²) in [7, 11) is 0. The van der Waals surface area contributed by atoms with E-state index in [1.807, 2.05) is 77.2 Å². The molecular weight excluding hydrogens is 520 g/mol. The highest BCUT2D eigenvalue weighted by Crippen LogP contribution is 2.26. The smallest absolute Gasteiger partial charge is 0.160 e. The van der Waals surface area contributed by atoms with Gasteiger partial charge in [-0.1, -0.05) is 67.8 Å². The predicted molar refractivity (Wildman–Crippen MR) is 178 cm³/mol. The number of aromatic amines is 1. The molecule has 4 bridgehead atoms. The number of aromatic nitrogens is 6. The van der Waals surface area contributed by atoms with E-state index in [-0.39, 0.29) is 11.3 Å². The number of fused-ring (bicyclic) bond motifs is 4. The maximum absolute atomic E-state index is 8.83. The van der Waals surface area contributed by atoms with Crippen LogP contribution < -0.4 is 11.2 Å². The highest BCUT2D eigenvalue weighted by Gasteiger charge is 2.15. The Balaban J connectivity index is 2.74. The molecule has 0 saturated heterocycles. The summed E-state index contributed by atoms with van der Waals surface area (Å²) < 4.78 is 0. The first kappa shape index (κ1) is 31.3. The van der Waals surface area contributed by atoms with E-state index in [0.29, 0.717) is 51.6 Å². The molecule has 1 aliphatic rings. The van der Waals surface area contributed by atoms with Crippen LogP contribution in [-0.4, -0.2) is 29.9 Å². The van der Waals surface area contributed by atoms with Gasteiger partial charge >= 0.3 is 0 Å². The first-order chi connectivity index (χ1) is 20.2. The van der Waals surface area contributed by atoms with E-state index in [1.54, 1.807) is 24.5 Å². The zero-order valence-corrected chi connectivity index (χ0v) is 25.0. The third-order valence-corrected chi connectivity index (χ3v) is 6.59. The number of nitrogens with zero attached hydrogens (tertiary/aromatic N) is 5. The first-order valence-electron chi connectivity index (χ1n) is 13.6. The summed E-state index contributed by atoms with van der Waals surface area (Å²) in [5.74, 6) is 1.18. The fourth-order valence-corrected chi connectivity index (χ4v) is 4.36. The number of rotatable bonds is 7. The largest absolute Gasteiger partial charge is 0.383 e.